The van der Waals surface area contributed by atoms with Gasteiger partial charge < -0.3 is 19.9 Å². The highest BCUT2D eigenvalue weighted by Crippen LogP contribution is 2.41. The predicted octanol–water partition coefficient (Wildman–Crippen LogP) is 2.22. The van der Waals surface area contributed by atoms with E-state index in [1.165, 1.54) is 32.3 Å². The van der Waals surface area contributed by atoms with Gasteiger partial charge in [0.15, 0.2) is 28.9 Å². The Morgan fingerprint density at radius 2 is 1.86 bits per heavy atom. The quantitative estimate of drug-likeness (QED) is 0.490. The number of sulfonamides is 1. The number of aromatic hydroxyl groups is 1. The Hall–Kier alpha value is -3.36. The summed E-state index contributed by atoms with van der Waals surface area (Å²) in [5, 5.41) is 13.4. The summed E-state index contributed by atoms with van der Waals surface area (Å²) in [6.07, 6.45) is 0. The van der Waals surface area contributed by atoms with Crippen LogP contribution in [0.5, 0.6) is 17.2 Å². The first-order valence-corrected chi connectivity index (χ1v) is 13.7. The van der Waals surface area contributed by atoms with Crippen molar-refractivity contribution < 1.29 is 31.4 Å². The number of amidine groups is 2. The molecule has 1 atom stereocenters. The van der Waals surface area contributed by atoms with Crippen LogP contribution in [0.25, 0.3) is 0 Å². The van der Waals surface area contributed by atoms with Crippen molar-refractivity contribution in [1.29, 1.82) is 0 Å². The molecule has 12 nitrogen and oxygen atoms in total. The van der Waals surface area contributed by atoms with Crippen LogP contribution < -0.4 is 19.5 Å². The molecule has 2 heterocycles. The second kappa shape index (κ2) is 8.94. The van der Waals surface area contributed by atoms with Crippen LogP contribution in [-0.4, -0.2) is 58.8 Å². The van der Waals surface area contributed by atoms with E-state index in [4.69, 9.17) is 9.47 Å². The van der Waals surface area contributed by atoms with E-state index in [1.807, 2.05) is 26.8 Å². The molecule has 194 valence electrons. The topological polar surface area (TPSA) is 159 Å². The standard InChI is InChI=1S/C22H27N5O7S2/c1-22(2,3)19(13-9-10-15-16(11-13)34-12-33-15)24-21-20(25-36(31,32)26-21)23-14-7-6-8-17(18(14)28)35(29,30)27(4)5/h6-11,19,28H,12H2,1-5H3,(H,23,25)(H,24,26)/t19-/m0/s1. The number of nitrogens with zero attached hydrogens (tertiary/aromatic N) is 3. The Kier molecular flexibility index (Phi) is 6.39. The minimum Gasteiger partial charge on any atom is -0.504 e. The van der Waals surface area contributed by atoms with Crippen molar-refractivity contribution in [2.75, 3.05) is 26.2 Å². The van der Waals surface area contributed by atoms with Crippen LogP contribution in [0, 0.1) is 5.41 Å². The maximum atomic E-state index is 12.6. The Balaban J connectivity index is 1.75. The lowest BCUT2D eigenvalue weighted by Crippen LogP contribution is -2.32. The summed E-state index contributed by atoms with van der Waals surface area (Å²) >= 11 is 0. The highest BCUT2D eigenvalue weighted by molar-refractivity contribution is 7.89. The van der Waals surface area contributed by atoms with E-state index in [-0.39, 0.29) is 29.0 Å². The number of fused-ring (bicyclic) bond motifs is 1. The molecule has 2 aromatic rings. The average Bonchev–Trinajstić information content (AvgIpc) is 3.35. The molecule has 2 aliphatic heterocycles. The number of ether oxygens (including phenoxy) is 2. The summed E-state index contributed by atoms with van der Waals surface area (Å²) in [4.78, 5) is 4.32. The van der Waals surface area contributed by atoms with Gasteiger partial charge in [-0.2, -0.15) is 8.42 Å². The van der Waals surface area contributed by atoms with Crippen LogP contribution >= 0.6 is 0 Å². The zero-order chi connectivity index (χ0) is 26.5. The van der Waals surface area contributed by atoms with E-state index in [0.29, 0.717) is 11.5 Å². The summed E-state index contributed by atoms with van der Waals surface area (Å²) in [5.74, 6) is 0.297. The number of phenols is 1. The molecule has 0 radical (unpaired) electrons. The molecule has 0 spiro atoms. The third kappa shape index (κ3) is 4.96. The van der Waals surface area contributed by atoms with Gasteiger partial charge in [0.05, 0.1) is 11.7 Å². The molecule has 0 aliphatic carbocycles. The molecular formula is C22H27N5O7S2. The molecule has 0 amide bonds. The molecule has 2 aromatic carbocycles. The summed E-state index contributed by atoms with van der Waals surface area (Å²) < 4.78 is 67.6. The Bertz CT molecular complexity index is 1480. The van der Waals surface area contributed by atoms with Gasteiger partial charge in [-0.15, -0.1) is 4.40 Å². The highest BCUT2D eigenvalue weighted by Gasteiger charge is 2.33. The number of phenolic OH excluding ortho intramolecular Hbond substituents is 1. The number of anilines is 1. The molecule has 36 heavy (non-hydrogen) atoms. The van der Waals surface area contributed by atoms with Crippen molar-refractivity contribution >= 4 is 37.6 Å². The van der Waals surface area contributed by atoms with Crippen LogP contribution in [0.4, 0.5) is 5.69 Å². The fraction of sp³-hybridized carbons (Fsp3) is 0.364. The average molecular weight is 538 g/mol. The molecule has 4 rings (SSSR count). The van der Waals surface area contributed by atoms with Crippen LogP contribution in [0.1, 0.15) is 32.4 Å². The van der Waals surface area contributed by atoms with Crippen LogP contribution in [0.15, 0.2) is 50.7 Å². The first kappa shape index (κ1) is 25.7. The maximum Gasteiger partial charge on any atom is 0.345 e. The zero-order valence-corrected chi connectivity index (χ0v) is 21.9. The van der Waals surface area contributed by atoms with E-state index in [0.717, 1.165) is 9.87 Å². The smallest absolute Gasteiger partial charge is 0.345 e. The highest BCUT2D eigenvalue weighted by atomic mass is 32.2. The van der Waals surface area contributed by atoms with Gasteiger partial charge in [0.1, 0.15) is 4.90 Å². The minimum atomic E-state index is -4.12. The number of hydrogen-bond acceptors (Lipinski definition) is 9. The van der Waals surface area contributed by atoms with E-state index >= 15 is 0 Å². The normalized spacial score (nSPS) is 18.7. The largest absolute Gasteiger partial charge is 0.504 e. The van der Waals surface area contributed by atoms with Gasteiger partial charge in [0, 0.05) is 14.1 Å². The van der Waals surface area contributed by atoms with Gasteiger partial charge in [-0.1, -0.05) is 32.9 Å². The summed E-state index contributed by atoms with van der Waals surface area (Å²) in [7, 11) is -5.42. The van der Waals surface area contributed by atoms with Gasteiger partial charge in [-0.25, -0.2) is 17.4 Å². The zero-order valence-electron chi connectivity index (χ0n) is 20.3. The summed E-state index contributed by atoms with van der Waals surface area (Å²) in [5.41, 5.74) is 0.243. The van der Waals surface area contributed by atoms with E-state index < -0.39 is 37.4 Å². The Labute approximate surface area is 209 Å². The maximum absolute atomic E-state index is 12.6. The summed E-state index contributed by atoms with van der Waals surface area (Å²) in [6, 6.07) is 8.89. The Morgan fingerprint density at radius 1 is 1.17 bits per heavy atom. The van der Waals surface area contributed by atoms with Gasteiger partial charge in [-0.3, -0.25) is 4.99 Å². The third-order valence-corrected chi connectivity index (χ3v) is 8.18. The van der Waals surface area contributed by atoms with Gasteiger partial charge in [0.25, 0.3) is 0 Å². The molecule has 0 bridgehead atoms. The van der Waals surface area contributed by atoms with Gasteiger partial charge in [-0.05, 0) is 35.2 Å². The van der Waals surface area contributed by atoms with Gasteiger partial charge in [0.2, 0.25) is 16.8 Å². The van der Waals surface area contributed by atoms with Crippen LogP contribution in [-0.2, 0) is 20.2 Å². The lowest BCUT2D eigenvalue weighted by atomic mass is 9.82. The van der Waals surface area contributed by atoms with Gasteiger partial charge >= 0.3 is 10.2 Å². The van der Waals surface area contributed by atoms with Crippen LogP contribution in [0.3, 0.4) is 0 Å². The molecular weight excluding hydrogens is 510 g/mol. The van der Waals surface area contributed by atoms with Crippen LogP contribution in [0.2, 0.25) is 0 Å². The second-order valence-electron chi connectivity index (χ2n) is 9.44. The van der Waals surface area contributed by atoms with Crippen molar-refractivity contribution in [1.82, 2.24) is 9.03 Å². The molecule has 3 N–H and O–H groups in total. The van der Waals surface area contributed by atoms with E-state index in [2.05, 4.69) is 19.4 Å². The number of aliphatic imine (C=N–C) groups is 1. The molecule has 0 fully saturated rings. The molecule has 0 saturated carbocycles. The number of rotatable bonds is 5. The molecule has 0 saturated heterocycles. The Morgan fingerprint density at radius 3 is 2.53 bits per heavy atom. The fourth-order valence-electron chi connectivity index (χ4n) is 3.66. The molecule has 0 aromatic heterocycles. The fourth-order valence-corrected chi connectivity index (χ4v) is 5.47. The van der Waals surface area contributed by atoms with Crippen molar-refractivity contribution in [2.24, 2.45) is 14.8 Å². The van der Waals surface area contributed by atoms with Crippen molar-refractivity contribution in [3.05, 3.63) is 42.0 Å². The second-order valence-corrected chi connectivity index (χ2v) is 12.9. The monoisotopic (exact) mass is 537 g/mol. The number of benzene rings is 2. The lowest BCUT2D eigenvalue weighted by molar-refractivity contribution is 0.174. The van der Waals surface area contributed by atoms with E-state index in [9.17, 15) is 21.9 Å². The number of hydrogen-bond donors (Lipinski definition) is 3. The SMILES string of the molecule is CN(C)S(=O)(=O)c1cccc(NC2=NS(=O)(=O)NC2=N[C@@H](c2ccc3c(c2)OCO3)C(C)(C)C)c1O. The molecule has 14 heteroatoms. The molecule has 0 unspecified atom stereocenters. The van der Waals surface area contributed by atoms with Crippen molar-refractivity contribution in [3.63, 3.8) is 0 Å². The summed E-state index contributed by atoms with van der Waals surface area (Å²) in [6.45, 7) is 5.95. The lowest BCUT2D eigenvalue weighted by Gasteiger charge is -2.28. The first-order chi connectivity index (χ1) is 16.7. The third-order valence-electron chi connectivity index (χ3n) is 5.46. The van der Waals surface area contributed by atoms with E-state index in [1.54, 1.807) is 12.1 Å². The minimum absolute atomic E-state index is 0.0568. The van der Waals surface area contributed by atoms with Crippen molar-refractivity contribution in [3.8, 4) is 17.2 Å². The number of para-hydroxylation sites is 1. The first-order valence-electron chi connectivity index (χ1n) is 10.8. The van der Waals surface area contributed by atoms with Crippen molar-refractivity contribution in [2.45, 2.75) is 31.7 Å². The molecule has 2 aliphatic rings. The predicted molar refractivity (Wildman–Crippen MR) is 134 cm³/mol. The number of nitrogens with one attached hydrogen (secondary N) is 2.